The number of likely N-dealkylation sites (N-methyl/N-ethyl adjacent to an activating group) is 1. The van der Waals surface area contributed by atoms with Gasteiger partial charge >= 0.3 is 0 Å². The highest BCUT2D eigenvalue weighted by Crippen LogP contribution is 2.03. The zero-order chi connectivity index (χ0) is 14.5. The fourth-order valence-electron chi connectivity index (χ4n) is 1.92. The molecule has 1 atom stereocenters. The Morgan fingerprint density at radius 3 is 2.47 bits per heavy atom. The smallest absolute Gasteiger partial charge is 0.0897 e. The highest BCUT2D eigenvalue weighted by Gasteiger charge is 2.04. The molecule has 0 heterocycles. The van der Waals surface area contributed by atoms with E-state index in [-0.39, 0.29) is 0 Å². The highest BCUT2D eigenvalue weighted by atomic mass is 16.5. The van der Waals surface area contributed by atoms with Crippen molar-refractivity contribution in [3.8, 4) is 0 Å². The summed E-state index contributed by atoms with van der Waals surface area (Å²) in [4.78, 5) is 2.36. The summed E-state index contributed by atoms with van der Waals surface area (Å²) >= 11 is 0. The van der Waals surface area contributed by atoms with Crippen molar-refractivity contribution in [2.24, 2.45) is 5.92 Å². The molecular formula is C15H34N2O2. The number of nitrogens with zero attached hydrogens (tertiary/aromatic N) is 1. The predicted octanol–water partition coefficient (Wildman–Crippen LogP) is 1.73. The van der Waals surface area contributed by atoms with Crippen molar-refractivity contribution in [3.63, 3.8) is 0 Å². The Morgan fingerprint density at radius 1 is 1.21 bits per heavy atom. The molecule has 0 spiro atoms. The molecule has 0 aliphatic heterocycles. The first-order chi connectivity index (χ1) is 9.10. The molecule has 0 saturated carbocycles. The minimum Gasteiger partial charge on any atom is -0.389 e. The van der Waals surface area contributed by atoms with Crippen LogP contribution >= 0.6 is 0 Å². The van der Waals surface area contributed by atoms with Crippen LogP contribution < -0.4 is 5.32 Å². The van der Waals surface area contributed by atoms with E-state index in [9.17, 15) is 5.11 Å². The molecular weight excluding hydrogens is 240 g/mol. The molecule has 116 valence electrons. The van der Waals surface area contributed by atoms with E-state index in [0.29, 0.717) is 13.2 Å². The van der Waals surface area contributed by atoms with Crippen molar-refractivity contribution < 1.29 is 9.84 Å². The molecule has 0 aromatic heterocycles. The Kier molecular flexibility index (Phi) is 12.7. The van der Waals surface area contributed by atoms with Crippen molar-refractivity contribution in [3.05, 3.63) is 0 Å². The molecule has 0 fully saturated rings. The van der Waals surface area contributed by atoms with Crippen LogP contribution in [-0.2, 0) is 4.74 Å². The van der Waals surface area contributed by atoms with Gasteiger partial charge in [0.15, 0.2) is 0 Å². The second kappa shape index (κ2) is 12.9. The topological polar surface area (TPSA) is 44.7 Å². The zero-order valence-electron chi connectivity index (χ0n) is 13.3. The summed E-state index contributed by atoms with van der Waals surface area (Å²) in [7, 11) is 0. The quantitative estimate of drug-likeness (QED) is 0.502. The maximum Gasteiger partial charge on any atom is 0.0897 e. The molecule has 0 aliphatic carbocycles. The summed E-state index contributed by atoms with van der Waals surface area (Å²) in [6.45, 7) is 14.7. The van der Waals surface area contributed by atoms with Crippen LogP contribution in [0.3, 0.4) is 0 Å². The Balaban J connectivity index is 3.32. The van der Waals surface area contributed by atoms with Gasteiger partial charge in [0.25, 0.3) is 0 Å². The maximum absolute atomic E-state index is 9.74. The van der Waals surface area contributed by atoms with Crippen LogP contribution in [0.1, 0.15) is 40.5 Å². The molecule has 4 heteroatoms. The number of hydrogen-bond acceptors (Lipinski definition) is 4. The standard InChI is InChI=1S/C15H34N2O2/c1-5-17(6-2)10-9-16-12-15(18)13-19-11-7-8-14(3)4/h14-16,18H,5-13H2,1-4H3. The normalized spacial score (nSPS) is 13.4. The third-order valence-corrected chi connectivity index (χ3v) is 3.26. The molecule has 0 radical (unpaired) electrons. The van der Waals surface area contributed by atoms with E-state index in [4.69, 9.17) is 4.74 Å². The summed E-state index contributed by atoms with van der Waals surface area (Å²) in [6.07, 6.45) is 1.88. The average Bonchev–Trinajstić information content (AvgIpc) is 2.38. The lowest BCUT2D eigenvalue weighted by atomic mass is 10.1. The molecule has 4 nitrogen and oxygen atoms in total. The Bertz CT molecular complexity index is 185. The van der Waals surface area contributed by atoms with E-state index in [0.717, 1.165) is 45.1 Å². The molecule has 0 rings (SSSR count). The third kappa shape index (κ3) is 12.6. The lowest BCUT2D eigenvalue weighted by Gasteiger charge is -2.19. The van der Waals surface area contributed by atoms with E-state index in [1.54, 1.807) is 0 Å². The van der Waals surface area contributed by atoms with Gasteiger partial charge < -0.3 is 20.1 Å². The highest BCUT2D eigenvalue weighted by molar-refractivity contribution is 4.61. The van der Waals surface area contributed by atoms with Gasteiger partial charge in [0.2, 0.25) is 0 Å². The van der Waals surface area contributed by atoms with Crippen LogP contribution in [0.4, 0.5) is 0 Å². The van der Waals surface area contributed by atoms with Crippen LogP contribution in [0.25, 0.3) is 0 Å². The van der Waals surface area contributed by atoms with Gasteiger partial charge in [0, 0.05) is 26.2 Å². The number of ether oxygens (including phenoxy) is 1. The lowest BCUT2D eigenvalue weighted by Crippen LogP contribution is -2.36. The summed E-state index contributed by atoms with van der Waals surface area (Å²) in [5.41, 5.74) is 0. The van der Waals surface area contributed by atoms with Crippen molar-refractivity contribution in [1.82, 2.24) is 10.2 Å². The number of aliphatic hydroxyl groups is 1. The molecule has 0 aromatic carbocycles. The first-order valence-corrected chi connectivity index (χ1v) is 7.78. The van der Waals surface area contributed by atoms with Gasteiger partial charge in [-0.15, -0.1) is 0 Å². The van der Waals surface area contributed by atoms with E-state index in [1.807, 2.05) is 0 Å². The second-order valence-electron chi connectivity index (χ2n) is 5.50. The molecule has 2 N–H and O–H groups in total. The predicted molar refractivity (Wildman–Crippen MR) is 81.6 cm³/mol. The van der Waals surface area contributed by atoms with E-state index in [1.165, 1.54) is 6.42 Å². The maximum atomic E-state index is 9.74. The summed E-state index contributed by atoms with van der Waals surface area (Å²) < 4.78 is 5.47. The second-order valence-corrected chi connectivity index (χ2v) is 5.50. The van der Waals surface area contributed by atoms with Crippen molar-refractivity contribution >= 4 is 0 Å². The first kappa shape index (κ1) is 18.8. The van der Waals surface area contributed by atoms with Crippen LogP contribution in [0, 0.1) is 5.92 Å². The zero-order valence-corrected chi connectivity index (χ0v) is 13.3. The third-order valence-electron chi connectivity index (χ3n) is 3.26. The molecule has 0 aromatic rings. The van der Waals surface area contributed by atoms with Crippen LogP contribution in [0.2, 0.25) is 0 Å². The van der Waals surface area contributed by atoms with Crippen molar-refractivity contribution in [2.75, 3.05) is 45.9 Å². The fourth-order valence-corrected chi connectivity index (χ4v) is 1.92. The van der Waals surface area contributed by atoms with Gasteiger partial charge in [-0.3, -0.25) is 0 Å². The average molecular weight is 274 g/mol. The first-order valence-electron chi connectivity index (χ1n) is 7.78. The minimum absolute atomic E-state index is 0.393. The SMILES string of the molecule is CCN(CC)CCNCC(O)COCCCC(C)C. The van der Waals surface area contributed by atoms with Gasteiger partial charge in [-0.2, -0.15) is 0 Å². The van der Waals surface area contributed by atoms with E-state index < -0.39 is 6.10 Å². The van der Waals surface area contributed by atoms with Crippen molar-refractivity contribution in [1.29, 1.82) is 0 Å². The van der Waals surface area contributed by atoms with Crippen LogP contribution in [0.5, 0.6) is 0 Å². The number of hydrogen-bond donors (Lipinski definition) is 2. The number of rotatable bonds is 13. The molecule has 0 amide bonds. The van der Waals surface area contributed by atoms with Gasteiger partial charge in [-0.05, 0) is 31.8 Å². The van der Waals surface area contributed by atoms with Gasteiger partial charge in [-0.25, -0.2) is 0 Å². The summed E-state index contributed by atoms with van der Waals surface area (Å²) in [6, 6.07) is 0. The minimum atomic E-state index is -0.393. The number of nitrogens with one attached hydrogen (secondary N) is 1. The molecule has 0 saturated heterocycles. The van der Waals surface area contributed by atoms with Gasteiger partial charge in [0.1, 0.15) is 0 Å². The van der Waals surface area contributed by atoms with Gasteiger partial charge in [0.05, 0.1) is 12.7 Å². The Labute approximate surface area is 119 Å². The number of aliphatic hydroxyl groups excluding tert-OH is 1. The summed E-state index contributed by atoms with van der Waals surface area (Å²) in [5.74, 6) is 0.732. The van der Waals surface area contributed by atoms with E-state index in [2.05, 4.69) is 37.9 Å². The van der Waals surface area contributed by atoms with Crippen molar-refractivity contribution in [2.45, 2.75) is 46.6 Å². The van der Waals surface area contributed by atoms with Crippen LogP contribution in [-0.4, -0.2) is 62.0 Å². The largest absolute Gasteiger partial charge is 0.389 e. The van der Waals surface area contributed by atoms with E-state index >= 15 is 0 Å². The van der Waals surface area contributed by atoms with Crippen LogP contribution in [0.15, 0.2) is 0 Å². The summed E-state index contributed by atoms with van der Waals surface area (Å²) in [5, 5.41) is 13.0. The molecule has 19 heavy (non-hydrogen) atoms. The van der Waals surface area contributed by atoms with Gasteiger partial charge in [-0.1, -0.05) is 27.7 Å². The monoisotopic (exact) mass is 274 g/mol. The lowest BCUT2D eigenvalue weighted by molar-refractivity contribution is 0.0346. The Hall–Kier alpha value is -0.160. The Morgan fingerprint density at radius 2 is 1.89 bits per heavy atom. The fraction of sp³-hybridized carbons (Fsp3) is 1.00. The molecule has 1 unspecified atom stereocenters. The molecule has 0 bridgehead atoms. The molecule has 0 aliphatic rings.